The zero-order valence-electron chi connectivity index (χ0n) is 18.3. The fourth-order valence-corrected chi connectivity index (χ4v) is 3.88. The summed E-state index contributed by atoms with van der Waals surface area (Å²) >= 11 is 3.47. The van der Waals surface area contributed by atoms with Gasteiger partial charge in [-0.25, -0.2) is 9.97 Å². The number of fused-ring (bicyclic) bond motifs is 1. The van der Waals surface area contributed by atoms with Gasteiger partial charge in [-0.15, -0.1) is 0 Å². The lowest BCUT2D eigenvalue weighted by Gasteiger charge is -2.40. The van der Waals surface area contributed by atoms with Gasteiger partial charge in [0.15, 0.2) is 0 Å². The number of benzene rings is 2. The molecule has 1 aromatic heterocycles. The first-order valence-electron chi connectivity index (χ1n) is 10.5. The largest absolute Gasteiger partial charge is 0.463 e. The summed E-state index contributed by atoms with van der Waals surface area (Å²) < 4.78 is 6.07. The van der Waals surface area contributed by atoms with Gasteiger partial charge in [0.05, 0.1) is 17.6 Å². The van der Waals surface area contributed by atoms with E-state index in [1.807, 2.05) is 55.1 Å². The summed E-state index contributed by atoms with van der Waals surface area (Å²) in [5.74, 6) is 0.131. The highest BCUT2D eigenvalue weighted by molar-refractivity contribution is 9.10. The third-order valence-corrected chi connectivity index (χ3v) is 5.84. The summed E-state index contributed by atoms with van der Waals surface area (Å²) in [6.45, 7) is 5.02. The van der Waals surface area contributed by atoms with Crippen LogP contribution < -0.4 is 10.6 Å². The minimum atomic E-state index is -0.273. The van der Waals surface area contributed by atoms with E-state index < -0.39 is 0 Å². The van der Waals surface area contributed by atoms with Crippen LogP contribution in [0.2, 0.25) is 0 Å². The lowest BCUT2D eigenvalue weighted by atomic mass is 10.0. The average Bonchev–Trinajstić information content (AvgIpc) is 2.77. The Morgan fingerprint density at radius 3 is 2.88 bits per heavy atom. The highest BCUT2D eigenvalue weighted by atomic mass is 79.9. The Labute approximate surface area is 200 Å². The van der Waals surface area contributed by atoms with Gasteiger partial charge in [0.25, 0.3) is 0 Å². The number of nitrogens with zero attached hydrogens (tertiary/aromatic N) is 3. The first-order chi connectivity index (χ1) is 15.8. The summed E-state index contributed by atoms with van der Waals surface area (Å²) in [5, 5.41) is 6.96. The van der Waals surface area contributed by atoms with Gasteiger partial charge in [0.1, 0.15) is 18.8 Å². The van der Waals surface area contributed by atoms with E-state index in [-0.39, 0.29) is 24.0 Å². The van der Waals surface area contributed by atoms with E-state index >= 15 is 0 Å². The van der Waals surface area contributed by atoms with Crippen molar-refractivity contribution in [3.05, 3.63) is 65.4 Å². The maximum atomic E-state index is 12.5. The standard InChI is InChI=1S/C24H24BrN5O3/c1-24(2)14-33-22(32)13-30(24)10-4-7-21(31)28-18-8-9-20-19(12-18)23(27-15-26-20)29-17-6-3-5-16(25)11-17/h3-9,11-12,15H,10,13-14H2,1-2H3,(H,28,31)(H,26,27,29). The first kappa shape index (κ1) is 22.9. The number of cyclic esters (lactones) is 1. The highest BCUT2D eigenvalue weighted by Gasteiger charge is 2.33. The second kappa shape index (κ2) is 9.68. The van der Waals surface area contributed by atoms with Crippen LogP contribution in [0.3, 0.4) is 0 Å². The number of esters is 1. The number of amides is 1. The molecular formula is C24H24BrN5O3. The Morgan fingerprint density at radius 2 is 2.06 bits per heavy atom. The van der Waals surface area contributed by atoms with Crippen molar-refractivity contribution in [1.29, 1.82) is 0 Å². The van der Waals surface area contributed by atoms with Crippen molar-refractivity contribution in [3.8, 4) is 0 Å². The molecule has 1 aliphatic rings. The molecule has 1 fully saturated rings. The van der Waals surface area contributed by atoms with Gasteiger partial charge >= 0.3 is 5.97 Å². The molecule has 2 aromatic carbocycles. The van der Waals surface area contributed by atoms with Crippen LogP contribution in [0, 0.1) is 0 Å². The van der Waals surface area contributed by atoms with Gasteiger partial charge in [-0.05, 0) is 50.2 Å². The number of aromatic nitrogens is 2. The van der Waals surface area contributed by atoms with Crippen LogP contribution in [-0.2, 0) is 14.3 Å². The van der Waals surface area contributed by atoms with Crippen LogP contribution in [0.5, 0.6) is 0 Å². The predicted molar refractivity (Wildman–Crippen MR) is 131 cm³/mol. The van der Waals surface area contributed by atoms with E-state index in [1.165, 1.54) is 12.4 Å². The van der Waals surface area contributed by atoms with Gasteiger partial charge in [-0.2, -0.15) is 0 Å². The van der Waals surface area contributed by atoms with Crippen LogP contribution in [-0.4, -0.2) is 52.0 Å². The minimum Gasteiger partial charge on any atom is -0.463 e. The van der Waals surface area contributed by atoms with Crippen molar-refractivity contribution < 1.29 is 14.3 Å². The Morgan fingerprint density at radius 1 is 1.21 bits per heavy atom. The predicted octanol–water partition coefficient (Wildman–Crippen LogP) is 4.27. The van der Waals surface area contributed by atoms with Gasteiger partial charge in [-0.3, -0.25) is 14.5 Å². The van der Waals surface area contributed by atoms with Crippen molar-refractivity contribution in [3.63, 3.8) is 0 Å². The summed E-state index contributed by atoms with van der Waals surface area (Å²) in [7, 11) is 0. The number of halogens is 1. The molecule has 8 nitrogen and oxygen atoms in total. The van der Waals surface area contributed by atoms with E-state index in [4.69, 9.17) is 4.74 Å². The van der Waals surface area contributed by atoms with Gasteiger partial charge in [0, 0.05) is 33.9 Å². The fraction of sp³-hybridized carbons (Fsp3) is 0.250. The topological polar surface area (TPSA) is 96.5 Å². The van der Waals surface area contributed by atoms with Crippen molar-refractivity contribution in [1.82, 2.24) is 14.9 Å². The van der Waals surface area contributed by atoms with E-state index in [0.29, 0.717) is 24.7 Å². The number of nitrogens with one attached hydrogen (secondary N) is 2. The van der Waals surface area contributed by atoms with Crippen LogP contribution in [0.25, 0.3) is 10.9 Å². The molecule has 0 unspecified atom stereocenters. The summed E-state index contributed by atoms with van der Waals surface area (Å²) in [6.07, 6.45) is 4.73. The summed E-state index contributed by atoms with van der Waals surface area (Å²) in [5.41, 5.74) is 2.00. The number of carbonyl (C=O) groups excluding carboxylic acids is 2. The number of hydrogen-bond acceptors (Lipinski definition) is 7. The molecule has 1 saturated heterocycles. The lowest BCUT2D eigenvalue weighted by molar-refractivity contribution is -0.159. The number of hydrogen-bond donors (Lipinski definition) is 2. The molecule has 0 bridgehead atoms. The smallest absolute Gasteiger partial charge is 0.320 e. The number of carbonyl (C=O) groups is 2. The van der Waals surface area contributed by atoms with Crippen LogP contribution in [0.1, 0.15) is 13.8 Å². The third kappa shape index (κ3) is 5.74. The van der Waals surface area contributed by atoms with Gasteiger partial charge in [-0.1, -0.05) is 28.1 Å². The normalized spacial score (nSPS) is 16.0. The van der Waals surface area contributed by atoms with Crippen molar-refractivity contribution >= 4 is 55.9 Å². The zero-order chi connectivity index (χ0) is 23.4. The van der Waals surface area contributed by atoms with Gasteiger partial charge in [0.2, 0.25) is 5.91 Å². The molecule has 0 aliphatic carbocycles. The maximum absolute atomic E-state index is 12.5. The Hall–Kier alpha value is -3.30. The highest BCUT2D eigenvalue weighted by Crippen LogP contribution is 2.27. The second-order valence-corrected chi connectivity index (χ2v) is 9.25. The number of ether oxygens (including phenoxy) is 1. The number of anilines is 3. The van der Waals surface area contributed by atoms with E-state index in [2.05, 4.69) is 36.5 Å². The molecule has 0 spiro atoms. The molecule has 9 heteroatoms. The molecule has 170 valence electrons. The van der Waals surface area contributed by atoms with E-state index in [9.17, 15) is 9.59 Å². The van der Waals surface area contributed by atoms with E-state index in [0.717, 1.165) is 21.1 Å². The van der Waals surface area contributed by atoms with Gasteiger partial charge < -0.3 is 15.4 Å². The molecule has 1 amide bonds. The van der Waals surface area contributed by atoms with Crippen LogP contribution in [0.15, 0.2) is 65.4 Å². The molecule has 1 aliphatic heterocycles. The summed E-state index contributed by atoms with van der Waals surface area (Å²) in [4.78, 5) is 34.7. The number of rotatable bonds is 6. The second-order valence-electron chi connectivity index (χ2n) is 8.33. The zero-order valence-corrected chi connectivity index (χ0v) is 19.9. The number of morpholine rings is 1. The van der Waals surface area contributed by atoms with E-state index in [1.54, 1.807) is 12.1 Å². The average molecular weight is 510 g/mol. The monoisotopic (exact) mass is 509 g/mol. The van der Waals surface area contributed by atoms with Crippen LogP contribution >= 0.6 is 15.9 Å². The Balaban J connectivity index is 1.45. The Kier molecular flexibility index (Phi) is 6.71. The molecule has 0 atom stereocenters. The lowest BCUT2D eigenvalue weighted by Crippen LogP contribution is -2.54. The minimum absolute atomic E-state index is 0.206. The molecule has 2 N–H and O–H groups in total. The molecule has 0 saturated carbocycles. The molecule has 0 radical (unpaired) electrons. The molecule has 4 rings (SSSR count). The summed E-state index contributed by atoms with van der Waals surface area (Å²) in [6, 6.07) is 13.2. The van der Waals surface area contributed by atoms with Crippen molar-refractivity contribution in [2.45, 2.75) is 19.4 Å². The quantitative estimate of drug-likeness (QED) is 0.378. The molecular weight excluding hydrogens is 486 g/mol. The third-order valence-electron chi connectivity index (χ3n) is 5.35. The Bertz CT molecular complexity index is 1230. The van der Waals surface area contributed by atoms with Crippen molar-refractivity contribution in [2.75, 3.05) is 30.3 Å². The molecule has 2 heterocycles. The molecule has 33 heavy (non-hydrogen) atoms. The first-order valence-corrected chi connectivity index (χ1v) is 11.2. The van der Waals surface area contributed by atoms with Crippen LogP contribution in [0.4, 0.5) is 17.2 Å². The molecule has 3 aromatic rings. The maximum Gasteiger partial charge on any atom is 0.320 e. The fourth-order valence-electron chi connectivity index (χ4n) is 3.48. The van der Waals surface area contributed by atoms with Crippen molar-refractivity contribution in [2.24, 2.45) is 0 Å². The SMILES string of the molecule is CC1(C)COC(=O)CN1CC=CC(=O)Nc1ccc2ncnc(Nc3cccc(Br)c3)c2c1.